The predicted molar refractivity (Wildman–Crippen MR) is 87.7 cm³/mol. The fourth-order valence-electron chi connectivity index (χ4n) is 1.94. The van der Waals surface area contributed by atoms with E-state index in [9.17, 15) is 4.79 Å². The molecule has 2 rings (SSSR count). The molecule has 104 valence electrons. The van der Waals surface area contributed by atoms with Gasteiger partial charge in [0.2, 0.25) is 0 Å². The predicted octanol–water partition coefficient (Wildman–Crippen LogP) is 4.79. The normalized spacial score (nSPS) is 10.3. The molecular formula is C16H15BrClNO. The molecule has 0 saturated carbocycles. The summed E-state index contributed by atoms with van der Waals surface area (Å²) >= 11 is 9.09. The Morgan fingerprint density at radius 2 is 1.90 bits per heavy atom. The highest BCUT2D eigenvalue weighted by atomic mass is 79.9. The Morgan fingerprint density at radius 3 is 2.50 bits per heavy atom. The summed E-state index contributed by atoms with van der Waals surface area (Å²) in [5.41, 5.74) is 3.57. The van der Waals surface area contributed by atoms with Crippen LogP contribution in [0.3, 0.4) is 0 Å². The molecular weight excluding hydrogens is 338 g/mol. The van der Waals surface area contributed by atoms with E-state index in [0.29, 0.717) is 11.4 Å². The van der Waals surface area contributed by atoms with Crippen molar-refractivity contribution in [2.45, 2.75) is 13.3 Å². The molecule has 0 aliphatic rings. The smallest absolute Gasteiger partial charge is 0.255 e. The molecule has 1 N–H and O–H groups in total. The van der Waals surface area contributed by atoms with Crippen LogP contribution in [0.1, 0.15) is 21.5 Å². The van der Waals surface area contributed by atoms with Crippen molar-refractivity contribution in [1.29, 1.82) is 0 Å². The molecule has 2 aromatic carbocycles. The Kier molecular flexibility index (Phi) is 5.21. The third kappa shape index (κ3) is 3.84. The number of carbonyl (C=O) groups excluding carboxylic acids is 1. The van der Waals surface area contributed by atoms with Gasteiger partial charge in [0.05, 0.1) is 0 Å². The average Bonchev–Trinajstić information content (AvgIpc) is 2.41. The third-order valence-corrected chi connectivity index (χ3v) is 3.71. The first kappa shape index (κ1) is 15.1. The highest BCUT2D eigenvalue weighted by molar-refractivity contribution is 9.10. The van der Waals surface area contributed by atoms with E-state index in [1.54, 1.807) is 0 Å². The molecule has 20 heavy (non-hydrogen) atoms. The average molecular weight is 353 g/mol. The molecule has 0 saturated heterocycles. The van der Waals surface area contributed by atoms with E-state index >= 15 is 0 Å². The van der Waals surface area contributed by atoms with Crippen molar-refractivity contribution in [3.63, 3.8) is 0 Å². The van der Waals surface area contributed by atoms with Crippen molar-refractivity contribution < 1.29 is 4.79 Å². The standard InChI is InChI=1S/C16H15BrClNO/c1-11-10-13(17)4-7-15(11)16(20)19-14-5-2-12(3-6-14)8-9-18/h2-7,10H,8-9H2,1H3,(H,19,20). The highest BCUT2D eigenvalue weighted by Gasteiger charge is 2.09. The topological polar surface area (TPSA) is 29.1 Å². The van der Waals surface area contributed by atoms with Gasteiger partial charge in [-0.3, -0.25) is 4.79 Å². The largest absolute Gasteiger partial charge is 0.322 e. The summed E-state index contributed by atoms with van der Waals surface area (Å²) in [6, 6.07) is 13.4. The van der Waals surface area contributed by atoms with Gasteiger partial charge in [0, 0.05) is 21.6 Å². The number of amides is 1. The number of rotatable bonds is 4. The second kappa shape index (κ2) is 6.91. The third-order valence-electron chi connectivity index (χ3n) is 3.03. The number of alkyl halides is 1. The van der Waals surface area contributed by atoms with Gasteiger partial charge in [0.15, 0.2) is 0 Å². The number of benzene rings is 2. The lowest BCUT2D eigenvalue weighted by Gasteiger charge is -2.08. The summed E-state index contributed by atoms with van der Waals surface area (Å²) in [5.74, 6) is 0.504. The second-order valence-electron chi connectivity index (χ2n) is 4.55. The first-order valence-electron chi connectivity index (χ1n) is 6.32. The van der Waals surface area contributed by atoms with Crippen LogP contribution in [0, 0.1) is 6.92 Å². The monoisotopic (exact) mass is 351 g/mol. The summed E-state index contributed by atoms with van der Waals surface area (Å²) in [6.07, 6.45) is 0.835. The molecule has 2 aromatic rings. The summed E-state index contributed by atoms with van der Waals surface area (Å²) < 4.78 is 0.969. The van der Waals surface area contributed by atoms with Crippen molar-refractivity contribution in [3.8, 4) is 0 Å². The van der Waals surface area contributed by atoms with E-state index in [1.165, 1.54) is 0 Å². The minimum atomic E-state index is -0.0971. The van der Waals surface area contributed by atoms with Crippen molar-refractivity contribution in [3.05, 3.63) is 63.6 Å². The molecule has 0 atom stereocenters. The summed E-state index contributed by atoms with van der Waals surface area (Å²) in [6.45, 7) is 1.92. The number of nitrogens with one attached hydrogen (secondary N) is 1. The zero-order valence-electron chi connectivity index (χ0n) is 11.1. The van der Waals surface area contributed by atoms with Crippen LogP contribution in [0.15, 0.2) is 46.9 Å². The lowest BCUT2D eigenvalue weighted by molar-refractivity contribution is 0.102. The van der Waals surface area contributed by atoms with Gasteiger partial charge in [0.25, 0.3) is 5.91 Å². The van der Waals surface area contributed by atoms with Gasteiger partial charge in [0.1, 0.15) is 0 Å². The van der Waals surface area contributed by atoms with Gasteiger partial charge < -0.3 is 5.32 Å². The van der Waals surface area contributed by atoms with E-state index in [0.717, 1.165) is 27.7 Å². The van der Waals surface area contributed by atoms with Gasteiger partial charge in [-0.2, -0.15) is 0 Å². The summed E-state index contributed by atoms with van der Waals surface area (Å²) in [4.78, 5) is 12.2. The fourth-order valence-corrected chi connectivity index (χ4v) is 2.64. The molecule has 0 aromatic heterocycles. The quantitative estimate of drug-likeness (QED) is 0.787. The van der Waals surface area contributed by atoms with Gasteiger partial charge >= 0.3 is 0 Å². The lowest BCUT2D eigenvalue weighted by Crippen LogP contribution is -2.13. The number of hydrogen-bond acceptors (Lipinski definition) is 1. The summed E-state index contributed by atoms with van der Waals surface area (Å²) in [5, 5.41) is 2.90. The van der Waals surface area contributed by atoms with Gasteiger partial charge in [-0.1, -0.05) is 28.1 Å². The van der Waals surface area contributed by atoms with Crippen LogP contribution in [0.25, 0.3) is 0 Å². The Labute approximate surface area is 132 Å². The molecule has 0 heterocycles. The maximum Gasteiger partial charge on any atom is 0.255 e. The first-order chi connectivity index (χ1) is 9.60. The highest BCUT2D eigenvalue weighted by Crippen LogP contribution is 2.18. The van der Waals surface area contributed by atoms with Gasteiger partial charge in [-0.15, -0.1) is 11.6 Å². The maximum absolute atomic E-state index is 12.2. The molecule has 4 heteroatoms. The van der Waals surface area contributed by atoms with Crippen LogP contribution in [0.5, 0.6) is 0 Å². The van der Waals surface area contributed by atoms with Crippen LogP contribution >= 0.6 is 27.5 Å². The molecule has 0 aliphatic carbocycles. The van der Waals surface area contributed by atoms with E-state index < -0.39 is 0 Å². The molecule has 0 radical (unpaired) electrons. The van der Waals surface area contributed by atoms with E-state index in [4.69, 9.17) is 11.6 Å². The Hall–Kier alpha value is -1.32. The van der Waals surface area contributed by atoms with E-state index in [2.05, 4.69) is 21.2 Å². The molecule has 0 bridgehead atoms. The van der Waals surface area contributed by atoms with Crippen LogP contribution < -0.4 is 5.32 Å². The Morgan fingerprint density at radius 1 is 1.20 bits per heavy atom. The zero-order valence-corrected chi connectivity index (χ0v) is 13.5. The van der Waals surface area contributed by atoms with Gasteiger partial charge in [-0.25, -0.2) is 0 Å². The Bertz CT molecular complexity index is 610. The van der Waals surface area contributed by atoms with Gasteiger partial charge in [-0.05, 0) is 54.8 Å². The number of anilines is 1. The van der Waals surface area contributed by atoms with Crippen molar-refractivity contribution in [2.24, 2.45) is 0 Å². The van der Waals surface area contributed by atoms with Crippen molar-refractivity contribution in [2.75, 3.05) is 11.2 Å². The lowest BCUT2D eigenvalue weighted by atomic mass is 10.1. The fraction of sp³-hybridized carbons (Fsp3) is 0.188. The van der Waals surface area contributed by atoms with Crippen LogP contribution in [-0.2, 0) is 6.42 Å². The first-order valence-corrected chi connectivity index (χ1v) is 7.65. The molecule has 0 spiro atoms. The molecule has 0 aliphatic heterocycles. The molecule has 2 nitrogen and oxygen atoms in total. The van der Waals surface area contributed by atoms with E-state index in [1.807, 2.05) is 49.4 Å². The van der Waals surface area contributed by atoms with Crippen LogP contribution in [-0.4, -0.2) is 11.8 Å². The van der Waals surface area contributed by atoms with Crippen molar-refractivity contribution in [1.82, 2.24) is 0 Å². The zero-order chi connectivity index (χ0) is 14.5. The number of aryl methyl sites for hydroxylation is 2. The molecule has 0 fully saturated rings. The summed E-state index contributed by atoms with van der Waals surface area (Å²) in [7, 11) is 0. The Balaban J connectivity index is 2.11. The van der Waals surface area contributed by atoms with Crippen LogP contribution in [0.4, 0.5) is 5.69 Å². The van der Waals surface area contributed by atoms with Crippen molar-refractivity contribution >= 4 is 39.1 Å². The number of halogens is 2. The number of carbonyl (C=O) groups is 1. The number of hydrogen-bond donors (Lipinski definition) is 1. The second-order valence-corrected chi connectivity index (χ2v) is 5.84. The maximum atomic E-state index is 12.2. The molecule has 1 amide bonds. The minimum absolute atomic E-state index is 0.0971. The SMILES string of the molecule is Cc1cc(Br)ccc1C(=O)Nc1ccc(CCCl)cc1. The minimum Gasteiger partial charge on any atom is -0.322 e. The van der Waals surface area contributed by atoms with E-state index in [-0.39, 0.29) is 5.91 Å². The molecule has 0 unspecified atom stereocenters. The van der Waals surface area contributed by atoms with Crippen LogP contribution in [0.2, 0.25) is 0 Å².